The molecule has 0 aliphatic rings. The Morgan fingerprint density at radius 1 is 1.41 bits per heavy atom. The van der Waals surface area contributed by atoms with Crippen LogP contribution in [-0.2, 0) is 0 Å². The van der Waals surface area contributed by atoms with Gasteiger partial charge in [0.05, 0.1) is 18.1 Å². The molecule has 0 aromatic carbocycles. The van der Waals surface area contributed by atoms with E-state index in [1.54, 1.807) is 36.2 Å². The molecular weight excluding hydrogens is 238 g/mol. The van der Waals surface area contributed by atoms with Crippen LogP contribution in [0.2, 0.25) is 0 Å². The van der Waals surface area contributed by atoms with Crippen LogP contribution in [0.4, 0.5) is 0 Å². The highest BCUT2D eigenvalue weighted by atomic mass is 32.1. The van der Waals surface area contributed by atoms with Crippen LogP contribution >= 0.6 is 11.3 Å². The van der Waals surface area contributed by atoms with Gasteiger partial charge in [0.1, 0.15) is 4.88 Å². The van der Waals surface area contributed by atoms with Crippen LogP contribution in [0.25, 0.3) is 16.9 Å². The Balaban J connectivity index is 2.28. The Labute approximate surface area is 100 Å². The molecule has 0 radical (unpaired) electrons. The highest BCUT2D eigenvalue weighted by Gasteiger charge is 2.16. The minimum absolute atomic E-state index is 0.323. The molecule has 0 atom stereocenters. The van der Waals surface area contributed by atoms with Crippen molar-refractivity contribution in [2.75, 3.05) is 0 Å². The van der Waals surface area contributed by atoms with E-state index in [0.29, 0.717) is 16.1 Å². The standard InChI is InChI=1S/C11H7N3O2S/c15-11(16)10-7(1-4-17-10)8-5-13-9-6-12-2-3-14(8)9/h1-6H,(H,15,16). The van der Waals surface area contributed by atoms with Gasteiger partial charge in [0.15, 0.2) is 5.65 Å². The fraction of sp³-hybridized carbons (Fsp3) is 0. The molecule has 84 valence electrons. The third-order valence-corrected chi connectivity index (χ3v) is 3.36. The first-order valence-electron chi connectivity index (χ1n) is 4.85. The maximum absolute atomic E-state index is 11.1. The van der Waals surface area contributed by atoms with Crippen molar-refractivity contribution in [3.63, 3.8) is 0 Å². The second-order valence-corrected chi connectivity index (χ2v) is 4.33. The molecule has 6 heteroatoms. The Morgan fingerprint density at radius 3 is 3.12 bits per heavy atom. The molecule has 0 bridgehead atoms. The monoisotopic (exact) mass is 245 g/mol. The van der Waals surface area contributed by atoms with Crippen molar-refractivity contribution < 1.29 is 9.90 Å². The molecule has 1 N–H and O–H groups in total. The lowest BCUT2D eigenvalue weighted by Crippen LogP contribution is -1.96. The fourth-order valence-electron chi connectivity index (χ4n) is 1.72. The Hall–Kier alpha value is -2.21. The second-order valence-electron chi connectivity index (χ2n) is 3.42. The molecule has 0 saturated heterocycles. The van der Waals surface area contributed by atoms with Crippen LogP contribution in [0, 0.1) is 0 Å². The molecule has 0 saturated carbocycles. The van der Waals surface area contributed by atoms with Gasteiger partial charge in [0.2, 0.25) is 0 Å². The van der Waals surface area contributed by atoms with Gasteiger partial charge in [0.25, 0.3) is 0 Å². The van der Waals surface area contributed by atoms with E-state index in [9.17, 15) is 4.79 Å². The van der Waals surface area contributed by atoms with Gasteiger partial charge in [-0.2, -0.15) is 0 Å². The molecule has 17 heavy (non-hydrogen) atoms. The van der Waals surface area contributed by atoms with E-state index in [1.807, 2.05) is 4.40 Å². The molecule has 3 aromatic heterocycles. The molecule has 0 unspecified atom stereocenters. The number of carbonyl (C=O) groups is 1. The topological polar surface area (TPSA) is 67.5 Å². The predicted molar refractivity (Wildman–Crippen MR) is 63.3 cm³/mol. The van der Waals surface area contributed by atoms with Crippen LogP contribution in [0.5, 0.6) is 0 Å². The van der Waals surface area contributed by atoms with Gasteiger partial charge < -0.3 is 5.11 Å². The van der Waals surface area contributed by atoms with Crippen LogP contribution in [0.3, 0.4) is 0 Å². The summed E-state index contributed by atoms with van der Waals surface area (Å²) in [4.78, 5) is 19.6. The Bertz CT molecular complexity index is 701. The number of fused-ring (bicyclic) bond motifs is 1. The van der Waals surface area contributed by atoms with Gasteiger partial charge in [-0.15, -0.1) is 11.3 Å². The number of thiophene rings is 1. The van der Waals surface area contributed by atoms with Crippen molar-refractivity contribution in [2.45, 2.75) is 0 Å². The zero-order chi connectivity index (χ0) is 11.8. The van der Waals surface area contributed by atoms with E-state index in [1.165, 1.54) is 11.3 Å². The third kappa shape index (κ3) is 1.50. The number of imidazole rings is 1. The first-order chi connectivity index (χ1) is 8.27. The number of aromatic carboxylic acids is 1. The summed E-state index contributed by atoms with van der Waals surface area (Å²) in [5.74, 6) is -0.918. The van der Waals surface area contributed by atoms with E-state index in [-0.39, 0.29) is 0 Å². The SMILES string of the molecule is O=C(O)c1sccc1-c1cnc2cnccn12. The number of nitrogens with zero attached hydrogens (tertiary/aromatic N) is 3. The van der Waals surface area contributed by atoms with Crippen LogP contribution in [0.1, 0.15) is 9.67 Å². The lowest BCUT2D eigenvalue weighted by Gasteiger charge is -2.00. The van der Waals surface area contributed by atoms with Crippen molar-refractivity contribution in [1.82, 2.24) is 14.4 Å². The first-order valence-corrected chi connectivity index (χ1v) is 5.73. The Morgan fingerprint density at radius 2 is 2.29 bits per heavy atom. The van der Waals surface area contributed by atoms with Crippen molar-refractivity contribution >= 4 is 23.0 Å². The summed E-state index contributed by atoms with van der Waals surface area (Å²) in [5.41, 5.74) is 2.15. The van der Waals surface area contributed by atoms with Crippen molar-refractivity contribution in [2.24, 2.45) is 0 Å². The van der Waals surface area contributed by atoms with Gasteiger partial charge in [-0.3, -0.25) is 9.38 Å². The molecule has 0 aliphatic heterocycles. The maximum atomic E-state index is 11.1. The molecule has 3 aromatic rings. The summed E-state index contributed by atoms with van der Waals surface area (Å²) in [6.07, 6.45) is 6.70. The summed E-state index contributed by atoms with van der Waals surface area (Å²) < 4.78 is 1.82. The molecule has 0 aliphatic carbocycles. The zero-order valence-electron chi connectivity index (χ0n) is 8.57. The molecule has 0 amide bonds. The second kappa shape index (κ2) is 3.67. The van der Waals surface area contributed by atoms with Crippen molar-refractivity contribution in [3.8, 4) is 11.3 Å². The van der Waals surface area contributed by atoms with E-state index in [4.69, 9.17) is 5.11 Å². The summed E-state index contributed by atoms with van der Waals surface area (Å²) in [7, 11) is 0. The number of hydrogen-bond acceptors (Lipinski definition) is 4. The largest absolute Gasteiger partial charge is 0.477 e. The maximum Gasteiger partial charge on any atom is 0.346 e. The van der Waals surface area contributed by atoms with E-state index >= 15 is 0 Å². The summed E-state index contributed by atoms with van der Waals surface area (Å²) in [6, 6.07) is 1.79. The molecule has 5 nitrogen and oxygen atoms in total. The predicted octanol–water partition coefficient (Wildman–Crippen LogP) is 2.16. The minimum Gasteiger partial charge on any atom is -0.477 e. The average molecular weight is 245 g/mol. The van der Waals surface area contributed by atoms with Crippen LogP contribution in [0.15, 0.2) is 36.2 Å². The zero-order valence-corrected chi connectivity index (χ0v) is 9.39. The molecular formula is C11H7N3O2S. The summed E-state index contributed by atoms with van der Waals surface area (Å²) in [6.45, 7) is 0. The minimum atomic E-state index is -0.918. The smallest absolute Gasteiger partial charge is 0.346 e. The fourth-order valence-corrected chi connectivity index (χ4v) is 2.46. The highest BCUT2D eigenvalue weighted by molar-refractivity contribution is 7.12. The average Bonchev–Trinajstić information content (AvgIpc) is 2.94. The van der Waals surface area contributed by atoms with Gasteiger partial charge in [0, 0.05) is 18.0 Å². The van der Waals surface area contributed by atoms with Gasteiger partial charge in [-0.05, 0) is 11.4 Å². The number of carboxylic acids is 1. The Kier molecular flexibility index (Phi) is 2.15. The van der Waals surface area contributed by atoms with Crippen LogP contribution in [-0.4, -0.2) is 25.4 Å². The number of hydrogen-bond donors (Lipinski definition) is 1. The molecule has 3 heterocycles. The quantitative estimate of drug-likeness (QED) is 0.751. The van der Waals surface area contributed by atoms with Crippen molar-refractivity contribution in [3.05, 3.63) is 41.1 Å². The van der Waals surface area contributed by atoms with E-state index in [0.717, 1.165) is 5.69 Å². The lowest BCUT2D eigenvalue weighted by molar-refractivity contribution is 0.0703. The molecule has 3 rings (SSSR count). The summed E-state index contributed by atoms with van der Waals surface area (Å²) >= 11 is 1.21. The van der Waals surface area contributed by atoms with Crippen LogP contribution < -0.4 is 0 Å². The van der Waals surface area contributed by atoms with Gasteiger partial charge >= 0.3 is 5.97 Å². The van der Waals surface area contributed by atoms with Crippen molar-refractivity contribution in [1.29, 1.82) is 0 Å². The normalized spacial score (nSPS) is 10.8. The van der Waals surface area contributed by atoms with Gasteiger partial charge in [-0.25, -0.2) is 9.78 Å². The van der Waals surface area contributed by atoms with E-state index < -0.39 is 5.97 Å². The van der Waals surface area contributed by atoms with E-state index in [2.05, 4.69) is 9.97 Å². The lowest BCUT2D eigenvalue weighted by atomic mass is 10.2. The number of rotatable bonds is 2. The summed E-state index contributed by atoms with van der Waals surface area (Å²) in [5, 5.41) is 10.9. The van der Waals surface area contributed by atoms with Gasteiger partial charge in [-0.1, -0.05) is 0 Å². The number of carboxylic acid groups (broad SMARTS) is 1. The third-order valence-electron chi connectivity index (χ3n) is 2.45. The molecule has 0 spiro atoms. The number of aromatic nitrogens is 3. The molecule has 0 fully saturated rings. The highest BCUT2D eigenvalue weighted by Crippen LogP contribution is 2.28. The first kappa shape index (κ1) is 9.98.